The second kappa shape index (κ2) is 13.8. The van der Waals surface area contributed by atoms with Gasteiger partial charge in [0.15, 0.2) is 4.87 Å². The van der Waals surface area contributed by atoms with Crippen molar-refractivity contribution in [2.75, 3.05) is 13.7 Å². The van der Waals surface area contributed by atoms with Crippen LogP contribution in [0.1, 0.15) is 126 Å². The number of aromatic nitrogens is 1. The molecule has 5 heterocycles. The van der Waals surface area contributed by atoms with E-state index in [2.05, 4.69) is 10.6 Å². The summed E-state index contributed by atoms with van der Waals surface area (Å²) in [5.41, 5.74) is 0.422. The van der Waals surface area contributed by atoms with E-state index in [0.717, 1.165) is 90.7 Å². The number of methoxy groups -OCH3 is 1. The van der Waals surface area contributed by atoms with Crippen LogP contribution in [0.5, 0.6) is 11.5 Å². The first-order valence-corrected chi connectivity index (χ1v) is 23.0. The number of nitrogens with zero attached hydrogens (tertiary/aromatic N) is 3. The monoisotopic (exact) mass is 815 g/mol. The maximum absolute atomic E-state index is 15.0. The van der Waals surface area contributed by atoms with Crippen LogP contribution in [0, 0.1) is 5.92 Å². The number of allylic oxidation sites excluding steroid dienone is 1. The van der Waals surface area contributed by atoms with Crippen molar-refractivity contribution < 1.29 is 41.8 Å². The second-order valence-electron chi connectivity index (χ2n) is 18.2. The van der Waals surface area contributed by atoms with Crippen molar-refractivity contribution in [2.45, 2.75) is 156 Å². The SMILES string of the molecule is COc1ccc2nc(C3CCC3)c3c(c2c1)CC[C@]1(C[C@H]2C(=O)N[C@]4(C(=O)N5C6(CC6)S5(=O)=O)C[C@H]4/C=C\CCCCC[C@H](NC(=O)OC4CCCC4)C(=O)N2C1)O3. The molecule has 15 heteroatoms. The van der Waals surface area contributed by atoms with E-state index in [0.29, 0.717) is 50.0 Å². The Balaban J connectivity index is 1.00. The van der Waals surface area contributed by atoms with Gasteiger partial charge in [0.05, 0.1) is 24.9 Å². The molecule has 58 heavy (non-hydrogen) atoms. The fraction of sp³-hybridized carbons (Fsp3) is 0.651. The van der Waals surface area contributed by atoms with Crippen molar-refractivity contribution in [3.63, 3.8) is 0 Å². The number of rotatable bonds is 5. The van der Waals surface area contributed by atoms with Gasteiger partial charge in [0, 0.05) is 29.2 Å². The average Bonchev–Trinajstić information content (AvgIpc) is 4.09. The molecule has 4 amide bonds. The molecule has 6 fully saturated rings. The van der Waals surface area contributed by atoms with Gasteiger partial charge >= 0.3 is 6.09 Å². The normalized spacial score (nSPS) is 33.1. The highest BCUT2D eigenvalue weighted by molar-refractivity contribution is 7.98. The Morgan fingerprint density at radius 1 is 0.983 bits per heavy atom. The van der Waals surface area contributed by atoms with Crippen LogP contribution in [-0.2, 0) is 35.6 Å². The first-order chi connectivity index (χ1) is 28.0. The molecule has 2 N–H and O–H groups in total. The summed E-state index contributed by atoms with van der Waals surface area (Å²) in [6.45, 7) is 0.0906. The molecule has 14 nitrogen and oxygen atoms in total. The summed E-state index contributed by atoms with van der Waals surface area (Å²) in [5.74, 6) is -0.245. The quantitative estimate of drug-likeness (QED) is 0.299. The first kappa shape index (κ1) is 37.8. The molecular formula is C43H53N5O9S. The molecule has 1 aromatic carbocycles. The number of sulfonamides is 1. The third-order valence-corrected chi connectivity index (χ3v) is 16.8. The molecule has 2 spiro atoms. The van der Waals surface area contributed by atoms with Crippen LogP contribution in [0.4, 0.5) is 4.79 Å². The Kier molecular flexibility index (Phi) is 9.03. The van der Waals surface area contributed by atoms with Gasteiger partial charge in [0.25, 0.3) is 15.9 Å². The minimum Gasteiger partial charge on any atom is -0.497 e. The second-order valence-corrected chi connectivity index (χ2v) is 20.2. The Morgan fingerprint density at radius 3 is 2.50 bits per heavy atom. The molecule has 2 saturated heterocycles. The number of hydrogen-bond acceptors (Lipinski definition) is 10. The van der Waals surface area contributed by atoms with E-state index in [1.165, 1.54) is 0 Å². The van der Waals surface area contributed by atoms with Crippen LogP contribution in [0.3, 0.4) is 0 Å². The molecule has 310 valence electrons. The van der Waals surface area contributed by atoms with E-state index in [4.69, 9.17) is 19.2 Å². The molecule has 4 saturated carbocycles. The number of hydrogen-bond donors (Lipinski definition) is 2. The molecule has 0 unspecified atom stereocenters. The summed E-state index contributed by atoms with van der Waals surface area (Å²) in [6.07, 6.45) is 15.5. The molecule has 4 aliphatic carbocycles. The molecule has 5 atom stereocenters. The number of carbonyl (C=O) groups is 4. The summed E-state index contributed by atoms with van der Waals surface area (Å²) in [5, 5.41) is 6.89. The van der Waals surface area contributed by atoms with Crippen LogP contribution < -0.4 is 20.1 Å². The predicted octanol–water partition coefficient (Wildman–Crippen LogP) is 5.27. The van der Waals surface area contributed by atoms with Gasteiger partial charge in [-0.1, -0.05) is 31.4 Å². The van der Waals surface area contributed by atoms with Crippen LogP contribution in [0.15, 0.2) is 30.4 Å². The topological polar surface area (TPSA) is 173 Å². The number of nitrogens with one attached hydrogen (secondary N) is 2. The summed E-state index contributed by atoms with van der Waals surface area (Å²) >= 11 is 0. The van der Waals surface area contributed by atoms with E-state index in [9.17, 15) is 27.6 Å². The van der Waals surface area contributed by atoms with Gasteiger partial charge in [-0.2, -0.15) is 0 Å². The molecule has 2 aromatic rings. The molecule has 4 aliphatic heterocycles. The smallest absolute Gasteiger partial charge is 0.408 e. The maximum Gasteiger partial charge on any atom is 0.408 e. The van der Waals surface area contributed by atoms with E-state index in [1.54, 1.807) is 12.0 Å². The van der Waals surface area contributed by atoms with Crippen LogP contribution in [0.2, 0.25) is 0 Å². The summed E-state index contributed by atoms with van der Waals surface area (Å²) in [6, 6.07) is 3.89. The number of amides is 4. The lowest BCUT2D eigenvalue weighted by Crippen LogP contribution is -2.57. The summed E-state index contributed by atoms with van der Waals surface area (Å²) < 4.78 is 45.6. The van der Waals surface area contributed by atoms with E-state index in [-0.39, 0.29) is 37.3 Å². The van der Waals surface area contributed by atoms with Crippen molar-refractivity contribution in [1.82, 2.24) is 24.8 Å². The van der Waals surface area contributed by atoms with Crippen molar-refractivity contribution in [3.8, 4) is 11.5 Å². The molecule has 0 bridgehead atoms. The van der Waals surface area contributed by atoms with Crippen LogP contribution in [0.25, 0.3) is 10.9 Å². The third kappa shape index (κ3) is 6.15. The molecule has 8 aliphatic rings. The van der Waals surface area contributed by atoms with E-state index >= 15 is 0 Å². The average molecular weight is 816 g/mol. The minimum absolute atomic E-state index is 0.0906. The number of carbonyl (C=O) groups excluding carboxylic acids is 4. The predicted molar refractivity (Wildman–Crippen MR) is 211 cm³/mol. The molecule has 1 aromatic heterocycles. The number of pyridine rings is 1. The molecule has 0 radical (unpaired) electrons. The largest absolute Gasteiger partial charge is 0.497 e. The van der Waals surface area contributed by atoms with Crippen molar-refractivity contribution in [1.29, 1.82) is 0 Å². The minimum atomic E-state index is -3.74. The Hall–Kier alpha value is -4.40. The van der Waals surface area contributed by atoms with E-state index < -0.39 is 61.9 Å². The van der Waals surface area contributed by atoms with E-state index in [1.807, 2.05) is 30.4 Å². The highest BCUT2D eigenvalue weighted by atomic mass is 32.2. The first-order valence-electron chi connectivity index (χ1n) is 21.5. The fourth-order valence-corrected chi connectivity index (χ4v) is 12.6. The Morgan fingerprint density at radius 2 is 1.78 bits per heavy atom. The maximum atomic E-state index is 15.0. The number of alkyl carbamates (subject to hydrolysis) is 1. The lowest BCUT2D eigenvalue weighted by Gasteiger charge is -2.39. The van der Waals surface area contributed by atoms with Crippen LogP contribution in [-0.4, -0.2) is 94.3 Å². The zero-order valence-electron chi connectivity index (χ0n) is 33.1. The van der Waals surface area contributed by atoms with Gasteiger partial charge in [-0.3, -0.25) is 14.4 Å². The highest BCUT2D eigenvalue weighted by Gasteiger charge is 2.83. The van der Waals surface area contributed by atoms with Gasteiger partial charge in [0.2, 0.25) is 11.8 Å². The number of fused-ring (bicyclic) bond motifs is 5. The standard InChI is InChI=1S/C43H53N5O9S/c1-55-29-16-17-32-31(22-29)30-18-19-41(57-36(30)35(44-32)26-10-9-11-26)24-34-37(49)46-43(39(51)48-42(20-21-42)58(48,53)54)23-27(43)12-5-3-2-4-6-15-33(38(50)47(34)25-41)45-40(52)56-28-13-7-8-14-28/h5,12,16-17,22,26-28,33-34H,2-4,6-11,13-15,18-21,23-25H2,1H3,(H,45,52)(H,46,49)/b12-5-/t27-,33+,34+,41-,43-,48?/m1/s1. The zero-order chi connectivity index (χ0) is 40.0. The Labute approximate surface area is 338 Å². The van der Waals surface area contributed by atoms with Gasteiger partial charge in [-0.25, -0.2) is 22.5 Å². The summed E-state index contributed by atoms with van der Waals surface area (Å²) in [4.78, 5) is 63.0. The number of benzene rings is 1. The number of ether oxygens (including phenoxy) is 3. The van der Waals surface area contributed by atoms with Gasteiger partial charge in [0.1, 0.15) is 40.8 Å². The fourth-order valence-electron chi connectivity index (χ4n) is 10.5. The van der Waals surface area contributed by atoms with Crippen molar-refractivity contribution in [3.05, 3.63) is 41.6 Å². The zero-order valence-corrected chi connectivity index (χ0v) is 33.9. The Bertz CT molecular complexity index is 2220. The van der Waals surface area contributed by atoms with Gasteiger partial charge < -0.3 is 29.7 Å². The van der Waals surface area contributed by atoms with Gasteiger partial charge in [-0.05, 0) is 108 Å². The lowest BCUT2D eigenvalue weighted by molar-refractivity contribution is -0.141. The summed E-state index contributed by atoms with van der Waals surface area (Å²) in [7, 11) is -2.11. The third-order valence-electron chi connectivity index (χ3n) is 14.5. The molecule has 10 rings (SSSR count). The van der Waals surface area contributed by atoms with Crippen molar-refractivity contribution >= 4 is 44.7 Å². The lowest BCUT2D eigenvalue weighted by atomic mass is 9.79. The number of aryl methyl sites for hydroxylation is 1. The molecular weight excluding hydrogens is 763 g/mol. The highest BCUT2D eigenvalue weighted by Crippen LogP contribution is 2.64. The van der Waals surface area contributed by atoms with Crippen LogP contribution >= 0.6 is 0 Å². The van der Waals surface area contributed by atoms with Gasteiger partial charge in [-0.15, -0.1) is 0 Å². The van der Waals surface area contributed by atoms with Crippen molar-refractivity contribution in [2.24, 2.45) is 5.92 Å².